The summed E-state index contributed by atoms with van der Waals surface area (Å²) < 4.78 is 0. The molecule has 128 valence electrons. The molecule has 0 aromatic heterocycles. The second kappa shape index (κ2) is 11.5. The van der Waals surface area contributed by atoms with Crippen molar-refractivity contribution in [2.75, 3.05) is 0 Å². The van der Waals surface area contributed by atoms with Gasteiger partial charge in [0.15, 0.2) is 0 Å². The van der Waals surface area contributed by atoms with Crippen molar-refractivity contribution in [3.63, 3.8) is 0 Å². The Morgan fingerprint density at radius 2 is 0.440 bits per heavy atom. The first-order valence-corrected chi connectivity index (χ1v) is 6.71. The Kier molecular flexibility index (Phi) is 10.1. The van der Waals surface area contributed by atoms with Crippen molar-refractivity contribution in [2.45, 2.75) is 0 Å². The van der Waals surface area contributed by atoms with E-state index in [0.29, 0.717) is 0 Å². The molecule has 0 heterocycles. The summed E-state index contributed by atoms with van der Waals surface area (Å²) in [5.41, 5.74) is 0. The molecule has 0 saturated heterocycles. The van der Waals surface area contributed by atoms with Crippen LogP contribution in [-0.4, -0.2) is 0 Å². The fraction of sp³-hybridized carbons (Fsp3) is 0. The van der Waals surface area contributed by atoms with Gasteiger partial charge in [0.05, 0.1) is 0 Å². The molecule has 0 bridgehead atoms. The third kappa shape index (κ3) is 8.41. The van der Waals surface area contributed by atoms with Crippen LogP contribution in [0.2, 0.25) is 0 Å². The minimum absolute atomic E-state index is 0. The number of para-hydroxylation sites is 6. The average molecular weight is 380 g/mol. The summed E-state index contributed by atoms with van der Waals surface area (Å²) in [6.45, 7) is 0. The van der Waals surface area contributed by atoms with E-state index >= 15 is 0 Å². The van der Waals surface area contributed by atoms with Gasteiger partial charge in [-0.1, -0.05) is 72.8 Å². The van der Waals surface area contributed by atoms with Crippen LogP contribution in [0.15, 0.2) is 72.8 Å². The summed E-state index contributed by atoms with van der Waals surface area (Å²) in [7, 11) is 0. The molecule has 0 spiro atoms. The molecular formula is C18H12FeO6. The van der Waals surface area contributed by atoms with Gasteiger partial charge in [-0.15, -0.1) is 34.5 Å². The van der Waals surface area contributed by atoms with E-state index in [1.807, 2.05) is 0 Å². The fourth-order valence-electron chi connectivity index (χ4n) is 1.35. The van der Waals surface area contributed by atoms with Crippen LogP contribution in [-0.2, 0) is 17.1 Å². The number of rotatable bonds is 0. The van der Waals surface area contributed by atoms with Gasteiger partial charge in [-0.2, -0.15) is 0 Å². The van der Waals surface area contributed by atoms with Gasteiger partial charge in [0.1, 0.15) is 0 Å². The largest absolute Gasteiger partial charge is 6.00 e. The molecule has 3 aromatic rings. The van der Waals surface area contributed by atoms with E-state index in [1.165, 1.54) is 36.4 Å². The van der Waals surface area contributed by atoms with Crippen molar-refractivity contribution in [3.8, 4) is 34.5 Å². The van der Waals surface area contributed by atoms with E-state index in [-0.39, 0.29) is 17.1 Å². The van der Waals surface area contributed by atoms with E-state index in [0.717, 1.165) is 0 Å². The third-order valence-corrected chi connectivity index (χ3v) is 2.55. The van der Waals surface area contributed by atoms with Crippen molar-refractivity contribution in [1.29, 1.82) is 0 Å². The number of benzene rings is 3. The molecule has 7 heteroatoms. The molecule has 25 heavy (non-hydrogen) atoms. The van der Waals surface area contributed by atoms with Crippen LogP contribution >= 0.6 is 0 Å². The zero-order valence-corrected chi connectivity index (χ0v) is 13.8. The molecular weight excluding hydrogens is 368 g/mol. The SMILES string of the molecule is [Fe+6].[O-]c1ccccc1[O-].[O-]c1ccccc1[O-].[O-]c1ccccc1[O-]. The van der Waals surface area contributed by atoms with Gasteiger partial charge < -0.3 is 30.6 Å². The van der Waals surface area contributed by atoms with Crippen LogP contribution in [0.25, 0.3) is 0 Å². The summed E-state index contributed by atoms with van der Waals surface area (Å²) in [4.78, 5) is 0. The van der Waals surface area contributed by atoms with Gasteiger partial charge in [0.25, 0.3) is 0 Å². The van der Waals surface area contributed by atoms with Crippen molar-refractivity contribution >= 4 is 0 Å². The zero-order valence-electron chi connectivity index (χ0n) is 12.7. The molecule has 6 nitrogen and oxygen atoms in total. The molecule has 0 amide bonds. The minimum Gasteiger partial charge on any atom is -0.873 e. The van der Waals surface area contributed by atoms with Crippen molar-refractivity contribution in [1.82, 2.24) is 0 Å². The van der Waals surface area contributed by atoms with Gasteiger partial charge >= 0.3 is 17.1 Å². The topological polar surface area (TPSA) is 138 Å². The Morgan fingerprint density at radius 3 is 0.520 bits per heavy atom. The Bertz CT molecular complexity index is 597. The summed E-state index contributed by atoms with van der Waals surface area (Å²) in [5.74, 6) is -2.62. The molecule has 0 aliphatic heterocycles. The molecule has 0 fully saturated rings. The molecule has 0 aliphatic carbocycles. The quantitative estimate of drug-likeness (QED) is 0.482. The molecule has 0 atom stereocenters. The maximum atomic E-state index is 10.3. The molecule has 3 aromatic carbocycles. The van der Waals surface area contributed by atoms with E-state index < -0.39 is 34.5 Å². The predicted octanol–water partition coefficient (Wildman–Crippen LogP) is -0.501. The first kappa shape index (κ1) is 22.0. The smallest absolute Gasteiger partial charge is 0.873 e. The predicted molar refractivity (Wildman–Crippen MR) is 76.0 cm³/mol. The standard InChI is InChI=1S/3C6H6O2.Fe/c3*7-5-3-1-2-4-6(5)8;/h3*1-4,7-8H;/q;;;+6/p-6. The van der Waals surface area contributed by atoms with Crippen LogP contribution in [0.5, 0.6) is 34.5 Å². The maximum Gasteiger partial charge on any atom is 6.00 e. The van der Waals surface area contributed by atoms with Crippen LogP contribution in [0.4, 0.5) is 0 Å². The summed E-state index contributed by atoms with van der Waals surface area (Å²) in [6, 6.07) is 16.8. The third-order valence-electron chi connectivity index (χ3n) is 2.55. The summed E-state index contributed by atoms with van der Waals surface area (Å²) in [5, 5.41) is 61.8. The van der Waals surface area contributed by atoms with E-state index in [1.54, 1.807) is 36.4 Å². The molecule has 0 saturated carbocycles. The van der Waals surface area contributed by atoms with Gasteiger partial charge in [-0.25, -0.2) is 0 Å². The first-order valence-electron chi connectivity index (χ1n) is 6.71. The molecule has 0 unspecified atom stereocenters. The summed E-state index contributed by atoms with van der Waals surface area (Å²) >= 11 is 0. The van der Waals surface area contributed by atoms with E-state index in [4.69, 9.17) is 0 Å². The normalized spacial score (nSPS) is 8.64. The molecule has 0 radical (unpaired) electrons. The maximum absolute atomic E-state index is 10.3. The molecule has 0 aliphatic rings. The Labute approximate surface area is 155 Å². The van der Waals surface area contributed by atoms with Crippen LogP contribution in [0, 0.1) is 0 Å². The number of hydrogen-bond acceptors (Lipinski definition) is 6. The second-order valence-electron chi connectivity index (χ2n) is 4.34. The Hall–Kier alpha value is -3.02. The summed E-state index contributed by atoms with van der Waals surface area (Å²) in [6.07, 6.45) is 0. The van der Waals surface area contributed by atoms with Crippen molar-refractivity contribution < 1.29 is 47.7 Å². The van der Waals surface area contributed by atoms with Gasteiger partial charge in [-0.05, 0) is 0 Å². The number of hydrogen-bond donors (Lipinski definition) is 0. The Morgan fingerprint density at radius 1 is 0.320 bits per heavy atom. The van der Waals surface area contributed by atoms with Crippen molar-refractivity contribution in [2.24, 2.45) is 0 Å². The van der Waals surface area contributed by atoms with Gasteiger partial charge in [-0.3, -0.25) is 0 Å². The van der Waals surface area contributed by atoms with E-state index in [9.17, 15) is 30.6 Å². The van der Waals surface area contributed by atoms with Gasteiger partial charge in [0.2, 0.25) is 0 Å². The fourth-order valence-corrected chi connectivity index (χ4v) is 1.35. The molecule has 0 N–H and O–H groups in total. The second-order valence-corrected chi connectivity index (χ2v) is 4.34. The first-order chi connectivity index (χ1) is 11.4. The van der Waals surface area contributed by atoms with Gasteiger partial charge in [0, 0.05) is 0 Å². The average Bonchev–Trinajstić information content (AvgIpc) is 2.57. The van der Waals surface area contributed by atoms with Crippen molar-refractivity contribution in [3.05, 3.63) is 72.8 Å². The van der Waals surface area contributed by atoms with Crippen LogP contribution in [0.3, 0.4) is 0 Å². The van der Waals surface area contributed by atoms with Crippen LogP contribution in [0.1, 0.15) is 0 Å². The zero-order chi connectivity index (χ0) is 17.9. The van der Waals surface area contributed by atoms with Crippen LogP contribution < -0.4 is 30.6 Å². The monoisotopic (exact) mass is 380 g/mol. The minimum atomic E-state index is -0.437. The Balaban J connectivity index is 0.000000339. The van der Waals surface area contributed by atoms with E-state index in [2.05, 4.69) is 0 Å². The molecule has 3 rings (SSSR count).